The molecular weight excluding hydrogens is 268 g/mol. The molecule has 0 atom stereocenters. The van der Waals surface area contributed by atoms with E-state index in [0.717, 1.165) is 5.56 Å². The molecule has 0 amide bonds. The average Bonchev–Trinajstić information content (AvgIpc) is 2.54. The van der Waals surface area contributed by atoms with Gasteiger partial charge in [-0.3, -0.25) is 0 Å². The smallest absolute Gasteiger partial charge is 0.493 e. The third kappa shape index (κ3) is 4.02. The molecule has 0 aliphatic heterocycles. The molecular formula is C17H14O4. The lowest BCUT2D eigenvalue weighted by Crippen LogP contribution is -2.08. The maximum absolute atomic E-state index is 11.2. The Kier molecular flexibility index (Phi) is 4.84. The number of methoxy groups -OCH3 is 2. The second-order valence-electron chi connectivity index (χ2n) is 4.04. The highest BCUT2D eigenvalue weighted by Crippen LogP contribution is 2.28. The zero-order valence-corrected chi connectivity index (χ0v) is 11.8. The highest BCUT2D eigenvalue weighted by atomic mass is 16.7. The van der Waals surface area contributed by atoms with Gasteiger partial charge < -0.3 is 14.2 Å². The molecule has 0 aliphatic carbocycles. The predicted octanol–water partition coefficient (Wildman–Crippen LogP) is 3.24. The summed E-state index contributed by atoms with van der Waals surface area (Å²) >= 11 is 0. The molecule has 0 saturated carbocycles. The molecule has 0 aliphatic rings. The Bertz CT molecular complexity index is 681. The predicted molar refractivity (Wildman–Crippen MR) is 78.4 cm³/mol. The van der Waals surface area contributed by atoms with Crippen LogP contribution in [0.5, 0.6) is 11.5 Å². The van der Waals surface area contributed by atoms with Crippen molar-refractivity contribution in [1.29, 1.82) is 0 Å². The van der Waals surface area contributed by atoms with Crippen molar-refractivity contribution in [3.63, 3.8) is 0 Å². The van der Waals surface area contributed by atoms with E-state index in [9.17, 15) is 4.79 Å². The molecule has 0 fully saturated rings. The van der Waals surface area contributed by atoms with Crippen LogP contribution in [-0.4, -0.2) is 20.4 Å². The van der Waals surface area contributed by atoms with Crippen LogP contribution in [0.25, 0.3) is 0 Å². The Morgan fingerprint density at radius 3 is 2.29 bits per heavy atom. The quantitative estimate of drug-likeness (QED) is 0.482. The molecule has 2 rings (SSSR count). The maximum atomic E-state index is 11.2. The van der Waals surface area contributed by atoms with E-state index in [1.165, 1.54) is 14.2 Å². The molecule has 0 radical (unpaired) electrons. The SMILES string of the molecule is COC(=O)Oc1cc(C#Cc2ccccc2)ccc1OC. The first-order chi connectivity index (χ1) is 10.2. The largest absolute Gasteiger partial charge is 0.513 e. The Labute approximate surface area is 123 Å². The lowest BCUT2D eigenvalue weighted by atomic mass is 10.1. The van der Waals surface area contributed by atoms with Gasteiger partial charge >= 0.3 is 6.16 Å². The van der Waals surface area contributed by atoms with E-state index in [1.54, 1.807) is 18.2 Å². The van der Waals surface area contributed by atoms with E-state index in [-0.39, 0.29) is 5.75 Å². The fourth-order valence-corrected chi connectivity index (χ4v) is 1.63. The standard InChI is InChI=1S/C17H14O4/c1-19-15-11-10-14(12-16(15)21-17(18)20-2)9-8-13-6-4-3-5-7-13/h3-7,10-12H,1-2H3. The molecule has 21 heavy (non-hydrogen) atoms. The second-order valence-corrected chi connectivity index (χ2v) is 4.04. The molecule has 2 aromatic rings. The summed E-state index contributed by atoms with van der Waals surface area (Å²) in [6, 6.07) is 14.7. The van der Waals surface area contributed by atoms with Crippen LogP contribution in [-0.2, 0) is 4.74 Å². The number of carbonyl (C=O) groups excluding carboxylic acids is 1. The van der Waals surface area contributed by atoms with Crippen molar-refractivity contribution in [1.82, 2.24) is 0 Å². The first-order valence-corrected chi connectivity index (χ1v) is 6.24. The van der Waals surface area contributed by atoms with E-state index in [4.69, 9.17) is 9.47 Å². The minimum Gasteiger partial charge on any atom is -0.493 e. The van der Waals surface area contributed by atoms with Gasteiger partial charge in [-0.25, -0.2) is 4.79 Å². The van der Waals surface area contributed by atoms with Crippen molar-refractivity contribution in [2.45, 2.75) is 0 Å². The molecule has 4 nitrogen and oxygen atoms in total. The van der Waals surface area contributed by atoms with Gasteiger partial charge in [0, 0.05) is 17.2 Å². The molecule has 0 saturated heterocycles. The summed E-state index contributed by atoms with van der Waals surface area (Å²) in [5.74, 6) is 6.74. The summed E-state index contributed by atoms with van der Waals surface area (Å²) in [4.78, 5) is 11.2. The molecule has 4 heteroatoms. The number of carbonyl (C=O) groups is 1. The highest BCUT2D eigenvalue weighted by Gasteiger charge is 2.10. The average molecular weight is 282 g/mol. The van der Waals surface area contributed by atoms with Crippen molar-refractivity contribution < 1.29 is 19.0 Å². The van der Waals surface area contributed by atoms with Gasteiger partial charge in [0.25, 0.3) is 0 Å². The van der Waals surface area contributed by atoms with Crippen LogP contribution in [0.3, 0.4) is 0 Å². The zero-order valence-electron chi connectivity index (χ0n) is 11.8. The van der Waals surface area contributed by atoms with Crippen LogP contribution < -0.4 is 9.47 Å². The van der Waals surface area contributed by atoms with Crippen LogP contribution in [0.2, 0.25) is 0 Å². The highest BCUT2D eigenvalue weighted by molar-refractivity contribution is 5.66. The van der Waals surface area contributed by atoms with Crippen molar-refractivity contribution in [2.24, 2.45) is 0 Å². The van der Waals surface area contributed by atoms with Crippen molar-refractivity contribution in [2.75, 3.05) is 14.2 Å². The fraction of sp³-hybridized carbons (Fsp3) is 0.118. The molecule has 0 unspecified atom stereocenters. The Hall–Kier alpha value is -2.93. The van der Waals surface area contributed by atoms with Crippen LogP contribution in [0, 0.1) is 11.8 Å². The summed E-state index contributed by atoms with van der Waals surface area (Å²) in [6.07, 6.45) is -0.804. The van der Waals surface area contributed by atoms with E-state index in [1.807, 2.05) is 30.3 Å². The molecule has 2 aromatic carbocycles. The van der Waals surface area contributed by atoms with Gasteiger partial charge in [0.1, 0.15) is 0 Å². The Morgan fingerprint density at radius 2 is 1.62 bits per heavy atom. The maximum Gasteiger partial charge on any atom is 0.513 e. The topological polar surface area (TPSA) is 44.8 Å². The second kappa shape index (κ2) is 7.01. The normalized spacial score (nSPS) is 9.24. The van der Waals surface area contributed by atoms with Gasteiger partial charge in [0.15, 0.2) is 11.5 Å². The fourth-order valence-electron chi connectivity index (χ4n) is 1.63. The van der Waals surface area contributed by atoms with E-state index in [2.05, 4.69) is 16.6 Å². The van der Waals surface area contributed by atoms with Crippen LogP contribution in [0.1, 0.15) is 11.1 Å². The summed E-state index contributed by atoms with van der Waals surface area (Å²) in [6.45, 7) is 0. The summed E-state index contributed by atoms with van der Waals surface area (Å²) in [5.41, 5.74) is 1.61. The molecule has 0 bridgehead atoms. The van der Waals surface area contributed by atoms with Crippen molar-refractivity contribution in [3.05, 3.63) is 59.7 Å². The first kappa shape index (κ1) is 14.5. The number of rotatable bonds is 2. The number of hydrogen-bond donors (Lipinski definition) is 0. The van der Waals surface area contributed by atoms with E-state index < -0.39 is 6.16 Å². The number of ether oxygens (including phenoxy) is 3. The summed E-state index contributed by atoms with van der Waals surface area (Å²) < 4.78 is 14.6. The summed E-state index contributed by atoms with van der Waals surface area (Å²) in [5, 5.41) is 0. The molecule has 0 N–H and O–H groups in total. The Morgan fingerprint density at radius 1 is 0.905 bits per heavy atom. The molecule has 0 heterocycles. The van der Waals surface area contributed by atoms with Crippen molar-refractivity contribution >= 4 is 6.16 Å². The molecule has 0 aromatic heterocycles. The minimum atomic E-state index is -0.804. The minimum absolute atomic E-state index is 0.268. The monoisotopic (exact) mass is 282 g/mol. The van der Waals surface area contributed by atoms with Gasteiger partial charge in [0.05, 0.1) is 14.2 Å². The molecule has 106 valence electrons. The van der Waals surface area contributed by atoms with Crippen LogP contribution >= 0.6 is 0 Å². The third-order valence-electron chi connectivity index (χ3n) is 2.65. The van der Waals surface area contributed by atoms with Crippen LogP contribution in [0.4, 0.5) is 4.79 Å². The van der Waals surface area contributed by atoms with Gasteiger partial charge in [0.2, 0.25) is 0 Å². The first-order valence-electron chi connectivity index (χ1n) is 6.24. The summed E-state index contributed by atoms with van der Waals surface area (Å²) in [7, 11) is 2.74. The lowest BCUT2D eigenvalue weighted by Gasteiger charge is -2.08. The third-order valence-corrected chi connectivity index (χ3v) is 2.65. The van der Waals surface area contributed by atoms with Gasteiger partial charge in [-0.05, 0) is 24.3 Å². The zero-order chi connectivity index (χ0) is 15.1. The van der Waals surface area contributed by atoms with Gasteiger partial charge in [-0.15, -0.1) is 0 Å². The van der Waals surface area contributed by atoms with Crippen molar-refractivity contribution in [3.8, 4) is 23.3 Å². The van der Waals surface area contributed by atoms with Crippen LogP contribution in [0.15, 0.2) is 48.5 Å². The molecule has 0 spiro atoms. The lowest BCUT2D eigenvalue weighted by molar-refractivity contribution is 0.120. The number of hydrogen-bond acceptors (Lipinski definition) is 4. The van der Waals surface area contributed by atoms with Gasteiger partial charge in [-0.1, -0.05) is 30.0 Å². The Balaban J connectivity index is 2.27. The van der Waals surface area contributed by atoms with Gasteiger partial charge in [-0.2, -0.15) is 0 Å². The number of benzene rings is 2. The van der Waals surface area contributed by atoms with E-state index >= 15 is 0 Å². The van der Waals surface area contributed by atoms with E-state index in [0.29, 0.717) is 11.3 Å².